The van der Waals surface area contributed by atoms with Crippen LogP contribution in [0.3, 0.4) is 0 Å². The topological polar surface area (TPSA) is 49.7 Å². The summed E-state index contributed by atoms with van der Waals surface area (Å²) in [6.07, 6.45) is 16.0. The Hall–Kier alpha value is -1.42. The summed E-state index contributed by atoms with van der Waals surface area (Å²) in [7, 11) is 0. The summed E-state index contributed by atoms with van der Waals surface area (Å²) in [5, 5.41) is 19.1. The van der Waals surface area contributed by atoms with Crippen LogP contribution < -0.4 is 0 Å². The van der Waals surface area contributed by atoms with Gasteiger partial charge in [-0.15, -0.1) is 0 Å². The van der Waals surface area contributed by atoms with Crippen molar-refractivity contribution in [1.29, 1.82) is 0 Å². The molecular formula is C23H32O3. The first-order chi connectivity index (χ1) is 12.8. The normalized spacial score (nSPS) is 29.2. The van der Waals surface area contributed by atoms with E-state index in [0.717, 1.165) is 19.3 Å². The lowest BCUT2D eigenvalue weighted by molar-refractivity contribution is 0.0884. The average Bonchev–Trinajstić information content (AvgIpc) is 3.25. The summed E-state index contributed by atoms with van der Waals surface area (Å²) >= 11 is 0. The van der Waals surface area contributed by atoms with E-state index in [4.69, 9.17) is 9.84 Å². The van der Waals surface area contributed by atoms with E-state index in [-0.39, 0.29) is 6.61 Å². The molecule has 0 saturated carbocycles. The zero-order valence-electron chi connectivity index (χ0n) is 15.5. The maximum Gasteiger partial charge on any atom is 0.0761 e. The second kappa shape index (κ2) is 10.1. The number of hydrogen-bond donors (Lipinski definition) is 2. The Kier molecular flexibility index (Phi) is 7.48. The SMILES string of the molecule is OCC=CCCCC[C@@H]1[C@H](C=CC(O)Cc2ccccc2)[C@@H]2CC[C@@H]1O2. The molecular weight excluding hydrogens is 324 g/mol. The summed E-state index contributed by atoms with van der Waals surface area (Å²) in [6.45, 7) is 0.137. The molecule has 5 atom stereocenters. The molecule has 3 nitrogen and oxygen atoms in total. The fourth-order valence-electron chi connectivity index (χ4n) is 4.47. The predicted molar refractivity (Wildman–Crippen MR) is 105 cm³/mol. The molecule has 2 heterocycles. The van der Waals surface area contributed by atoms with Gasteiger partial charge < -0.3 is 14.9 Å². The largest absolute Gasteiger partial charge is 0.392 e. The number of unbranched alkanes of at least 4 members (excludes halogenated alkanes) is 2. The van der Waals surface area contributed by atoms with Gasteiger partial charge >= 0.3 is 0 Å². The molecule has 0 amide bonds. The number of ether oxygens (including phenoxy) is 1. The van der Waals surface area contributed by atoms with Crippen LogP contribution in [0.4, 0.5) is 0 Å². The molecule has 2 saturated heterocycles. The van der Waals surface area contributed by atoms with Gasteiger partial charge in [0.15, 0.2) is 0 Å². The van der Waals surface area contributed by atoms with Gasteiger partial charge in [-0.1, -0.05) is 61.1 Å². The molecule has 2 aliphatic rings. The quantitative estimate of drug-likeness (QED) is 0.491. The monoisotopic (exact) mass is 356 g/mol. The number of fused-ring (bicyclic) bond motifs is 2. The number of hydrogen-bond acceptors (Lipinski definition) is 3. The Bertz CT molecular complexity index is 580. The maximum atomic E-state index is 10.4. The molecule has 2 aliphatic heterocycles. The highest BCUT2D eigenvalue weighted by Crippen LogP contribution is 2.46. The Labute approximate surface area is 157 Å². The highest BCUT2D eigenvalue weighted by Gasteiger charge is 2.46. The molecule has 1 aromatic carbocycles. The molecule has 1 unspecified atom stereocenters. The third-order valence-electron chi connectivity index (χ3n) is 5.76. The van der Waals surface area contributed by atoms with E-state index < -0.39 is 6.10 Å². The van der Waals surface area contributed by atoms with Crippen molar-refractivity contribution in [2.24, 2.45) is 11.8 Å². The van der Waals surface area contributed by atoms with Gasteiger partial charge in [0.2, 0.25) is 0 Å². The fourth-order valence-corrected chi connectivity index (χ4v) is 4.47. The average molecular weight is 357 g/mol. The fraction of sp³-hybridized carbons (Fsp3) is 0.565. The summed E-state index contributed by atoms with van der Waals surface area (Å²) in [5.41, 5.74) is 1.17. The zero-order valence-corrected chi connectivity index (χ0v) is 15.5. The van der Waals surface area contributed by atoms with Crippen molar-refractivity contribution in [1.82, 2.24) is 0 Å². The lowest BCUT2D eigenvalue weighted by Gasteiger charge is -2.26. The van der Waals surface area contributed by atoms with Crippen LogP contribution in [-0.4, -0.2) is 35.1 Å². The number of rotatable bonds is 10. The first-order valence-electron chi connectivity index (χ1n) is 10.1. The van der Waals surface area contributed by atoms with Crippen molar-refractivity contribution >= 4 is 0 Å². The van der Waals surface area contributed by atoms with Crippen LogP contribution in [0.15, 0.2) is 54.6 Å². The molecule has 2 N–H and O–H groups in total. The Morgan fingerprint density at radius 1 is 1.08 bits per heavy atom. The molecule has 1 aromatic rings. The number of allylic oxidation sites excluding steroid dienone is 1. The maximum absolute atomic E-state index is 10.4. The van der Waals surface area contributed by atoms with Crippen molar-refractivity contribution in [2.75, 3.05) is 6.61 Å². The van der Waals surface area contributed by atoms with Gasteiger partial charge in [0.25, 0.3) is 0 Å². The first-order valence-corrected chi connectivity index (χ1v) is 10.1. The minimum atomic E-state index is -0.430. The van der Waals surface area contributed by atoms with Crippen molar-refractivity contribution in [3.05, 3.63) is 60.2 Å². The van der Waals surface area contributed by atoms with Crippen LogP contribution >= 0.6 is 0 Å². The number of benzene rings is 1. The lowest BCUT2D eigenvalue weighted by Crippen LogP contribution is -2.26. The highest BCUT2D eigenvalue weighted by molar-refractivity contribution is 5.17. The van der Waals surface area contributed by atoms with Gasteiger partial charge in [-0.3, -0.25) is 0 Å². The van der Waals surface area contributed by atoms with Crippen molar-refractivity contribution < 1.29 is 14.9 Å². The van der Waals surface area contributed by atoms with Crippen LogP contribution in [0.25, 0.3) is 0 Å². The molecule has 0 aromatic heterocycles. The Morgan fingerprint density at radius 2 is 1.88 bits per heavy atom. The molecule has 142 valence electrons. The third kappa shape index (κ3) is 5.29. The summed E-state index contributed by atoms with van der Waals surface area (Å²) in [5.74, 6) is 1.04. The second-order valence-electron chi connectivity index (χ2n) is 7.61. The van der Waals surface area contributed by atoms with E-state index in [0.29, 0.717) is 30.5 Å². The second-order valence-corrected chi connectivity index (χ2v) is 7.61. The van der Waals surface area contributed by atoms with E-state index >= 15 is 0 Å². The summed E-state index contributed by atoms with van der Waals surface area (Å²) in [6, 6.07) is 10.2. The number of aliphatic hydroxyl groups is 2. The van der Waals surface area contributed by atoms with Gasteiger partial charge in [0.05, 0.1) is 24.9 Å². The van der Waals surface area contributed by atoms with Crippen molar-refractivity contribution in [3.63, 3.8) is 0 Å². The zero-order chi connectivity index (χ0) is 18.2. The summed E-state index contributed by atoms with van der Waals surface area (Å²) < 4.78 is 6.16. The molecule has 2 fully saturated rings. The van der Waals surface area contributed by atoms with E-state index in [1.165, 1.54) is 24.8 Å². The minimum Gasteiger partial charge on any atom is -0.392 e. The van der Waals surface area contributed by atoms with Gasteiger partial charge in [-0.25, -0.2) is 0 Å². The third-order valence-corrected chi connectivity index (χ3v) is 5.76. The van der Waals surface area contributed by atoms with Crippen molar-refractivity contribution in [3.8, 4) is 0 Å². The minimum absolute atomic E-state index is 0.137. The molecule has 3 rings (SSSR count). The molecule has 0 spiro atoms. The molecule has 26 heavy (non-hydrogen) atoms. The highest BCUT2D eigenvalue weighted by atomic mass is 16.5. The van der Waals surface area contributed by atoms with Crippen LogP contribution in [0, 0.1) is 11.8 Å². The lowest BCUT2D eigenvalue weighted by atomic mass is 9.76. The smallest absolute Gasteiger partial charge is 0.0761 e. The summed E-state index contributed by atoms with van der Waals surface area (Å²) in [4.78, 5) is 0. The van der Waals surface area contributed by atoms with E-state index in [1.807, 2.05) is 30.4 Å². The van der Waals surface area contributed by atoms with Crippen LogP contribution in [0.2, 0.25) is 0 Å². The molecule has 0 radical (unpaired) electrons. The van der Waals surface area contributed by atoms with Crippen LogP contribution in [-0.2, 0) is 11.2 Å². The Balaban J connectivity index is 1.49. The standard InChI is InChI=1S/C23H32O3/c24-16-8-3-1-2-7-11-20-21(23-15-14-22(20)26-23)13-12-19(25)17-18-9-5-4-6-10-18/h3-6,8-10,12-13,19-25H,1-2,7,11,14-17H2/t19?,20-,21+,22+,23+/m1/s1. The van der Waals surface area contributed by atoms with Crippen molar-refractivity contribution in [2.45, 2.75) is 63.3 Å². The van der Waals surface area contributed by atoms with E-state index in [9.17, 15) is 5.11 Å². The van der Waals surface area contributed by atoms with Crippen LogP contribution in [0.5, 0.6) is 0 Å². The van der Waals surface area contributed by atoms with Crippen LogP contribution in [0.1, 0.15) is 44.1 Å². The Morgan fingerprint density at radius 3 is 2.69 bits per heavy atom. The van der Waals surface area contributed by atoms with E-state index in [1.54, 1.807) is 0 Å². The van der Waals surface area contributed by atoms with Gasteiger partial charge in [-0.05, 0) is 43.6 Å². The van der Waals surface area contributed by atoms with Gasteiger partial charge in [0, 0.05) is 12.3 Å². The van der Waals surface area contributed by atoms with E-state index in [2.05, 4.69) is 24.3 Å². The molecule has 2 bridgehead atoms. The van der Waals surface area contributed by atoms with Gasteiger partial charge in [-0.2, -0.15) is 0 Å². The first kappa shape index (κ1) is 19.3. The number of aliphatic hydroxyl groups excluding tert-OH is 2. The molecule has 0 aliphatic carbocycles. The molecule has 3 heteroatoms. The van der Waals surface area contributed by atoms with Gasteiger partial charge in [0.1, 0.15) is 0 Å². The predicted octanol–water partition coefficient (Wildman–Crippen LogP) is 4.05.